The lowest BCUT2D eigenvalue weighted by molar-refractivity contribution is -0.147. The first-order valence-corrected chi connectivity index (χ1v) is 7.47. The van der Waals surface area contributed by atoms with E-state index in [0.717, 1.165) is 21.3 Å². The van der Waals surface area contributed by atoms with Crippen molar-refractivity contribution in [3.63, 3.8) is 0 Å². The third-order valence-electron chi connectivity index (χ3n) is 3.73. The summed E-state index contributed by atoms with van der Waals surface area (Å²) in [6, 6.07) is 3.85. The molecule has 1 atom stereocenters. The Labute approximate surface area is 127 Å². The van der Waals surface area contributed by atoms with Crippen molar-refractivity contribution >= 4 is 33.5 Å². The average Bonchev–Trinajstić information content (AvgIpc) is 2.79. The lowest BCUT2D eigenvalue weighted by atomic mass is 10.1. The van der Waals surface area contributed by atoms with Gasteiger partial charge in [0, 0.05) is 23.1 Å². The SMILES string of the molecule is CCOC(=O)C1CC(=O)N(c2ccc(Br)c(C)c2C)C1. The third kappa shape index (κ3) is 2.73. The van der Waals surface area contributed by atoms with Crippen molar-refractivity contribution in [2.75, 3.05) is 18.1 Å². The summed E-state index contributed by atoms with van der Waals surface area (Å²) in [5.41, 5.74) is 3.04. The van der Waals surface area contributed by atoms with Crippen molar-refractivity contribution < 1.29 is 14.3 Å². The molecule has 1 fully saturated rings. The molecule has 4 nitrogen and oxygen atoms in total. The topological polar surface area (TPSA) is 46.6 Å². The van der Waals surface area contributed by atoms with Gasteiger partial charge in [-0.05, 0) is 44.0 Å². The Bertz CT molecular complexity index is 556. The normalized spacial score (nSPS) is 18.5. The summed E-state index contributed by atoms with van der Waals surface area (Å²) in [4.78, 5) is 25.6. The number of halogens is 1. The predicted molar refractivity (Wildman–Crippen MR) is 80.7 cm³/mol. The minimum Gasteiger partial charge on any atom is -0.466 e. The molecule has 0 radical (unpaired) electrons. The molecule has 1 aliphatic heterocycles. The fraction of sp³-hybridized carbons (Fsp3) is 0.467. The van der Waals surface area contributed by atoms with E-state index in [9.17, 15) is 9.59 Å². The lowest BCUT2D eigenvalue weighted by Crippen LogP contribution is -2.27. The molecule has 1 aromatic rings. The molecule has 5 heteroatoms. The summed E-state index contributed by atoms with van der Waals surface area (Å²) in [6.45, 7) is 6.51. The van der Waals surface area contributed by atoms with Gasteiger partial charge in [-0.1, -0.05) is 15.9 Å². The molecule has 0 bridgehead atoms. The number of hydrogen-bond acceptors (Lipinski definition) is 3. The second-order valence-electron chi connectivity index (χ2n) is 4.97. The van der Waals surface area contributed by atoms with Crippen molar-refractivity contribution in [1.82, 2.24) is 0 Å². The fourth-order valence-corrected chi connectivity index (χ4v) is 2.85. The van der Waals surface area contributed by atoms with Crippen LogP contribution in [0, 0.1) is 19.8 Å². The van der Waals surface area contributed by atoms with Crippen molar-refractivity contribution in [3.8, 4) is 0 Å². The molecule has 1 heterocycles. The van der Waals surface area contributed by atoms with Gasteiger partial charge in [0.25, 0.3) is 0 Å². The van der Waals surface area contributed by atoms with E-state index in [2.05, 4.69) is 15.9 Å². The molecular weight excluding hydrogens is 322 g/mol. The minimum atomic E-state index is -0.356. The zero-order valence-electron chi connectivity index (χ0n) is 11.9. The summed E-state index contributed by atoms with van der Waals surface area (Å²) in [7, 11) is 0. The zero-order valence-corrected chi connectivity index (χ0v) is 13.5. The fourth-order valence-electron chi connectivity index (χ4n) is 2.42. The van der Waals surface area contributed by atoms with E-state index in [0.29, 0.717) is 13.2 Å². The summed E-state index contributed by atoms with van der Waals surface area (Å²) >= 11 is 3.48. The van der Waals surface area contributed by atoms with Gasteiger partial charge in [-0.15, -0.1) is 0 Å². The molecule has 0 saturated carbocycles. The van der Waals surface area contributed by atoms with Crippen LogP contribution in [0.4, 0.5) is 5.69 Å². The Morgan fingerprint density at radius 2 is 2.10 bits per heavy atom. The van der Waals surface area contributed by atoms with Crippen molar-refractivity contribution in [3.05, 3.63) is 27.7 Å². The Balaban J connectivity index is 2.24. The highest BCUT2D eigenvalue weighted by Gasteiger charge is 2.36. The van der Waals surface area contributed by atoms with Gasteiger partial charge in [0.15, 0.2) is 0 Å². The first-order valence-electron chi connectivity index (χ1n) is 6.68. The van der Waals surface area contributed by atoms with Crippen LogP contribution < -0.4 is 4.90 Å². The maximum Gasteiger partial charge on any atom is 0.311 e. The number of anilines is 1. The summed E-state index contributed by atoms with van der Waals surface area (Å²) in [6.07, 6.45) is 0.230. The number of nitrogens with zero attached hydrogens (tertiary/aromatic N) is 1. The number of esters is 1. The van der Waals surface area contributed by atoms with E-state index in [1.807, 2.05) is 26.0 Å². The van der Waals surface area contributed by atoms with Crippen LogP contribution in [0.15, 0.2) is 16.6 Å². The van der Waals surface area contributed by atoms with E-state index >= 15 is 0 Å². The van der Waals surface area contributed by atoms with Gasteiger partial charge in [0.05, 0.1) is 12.5 Å². The quantitative estimate of drug-likeness (QED) is 0.795. The van der Waals surface area contributed by atoms with E-state index in [-0.39, 0.29) is 24.2 Å². The van der Waals surface area contributed by atoms with Crippen LogP contribution in [0.1, 0.15) is 24.5 Å². The van der Waals surface area contributed by atoms with Crippen LogP contribution in [0.5, 0.6) is 0 Å². The molecule has 1 aliphatic rings. The largest absolute Gasteiger partial charge is 0.466 e. The van der Waals surface area contributed by atoms with Gasteiger partial charge in [-0.3, -0.25) is 9.59 Å². The summed E-state index contributed by atoms with van der Waals surface area (Å²) in [5, 5.41) is 0. The Kier molecular flexibility index (Phi) is 4.48. The smallest absolute Gasteiger partial charge is 0.311 e. The Morgan fingerprint density at radius 3 is 2.75 bits per heavy atom. The average molecular weight is 340 g/mol. The standard InChI is InChI=1S/C15H18BrNO3/c1-4-20-15(19)11-7-14(18)17(8-11)13-6-5-12(16)9(2)10(13)3/h5-6,11H,4,7-8H2,1-3H3. The van der Waals surface area contributed by atoms with Gasteiger partial charge in [-0.25, -0.2) is 0 Å². The monoisotopic (exact) mass is 339 g/mol. The number of carbonyl (C=O) groups excluding carboxylic acids is 2. The molecular formula is C15H18BrNO3. The van der Waals surface area contributed by atoms with Crippen molar-refractivity contribution in [1.29, 1.82) is 0 Å². The minimum absolute atomic E-state index is 0.0205. The van der Waals surface area contributed by atoms with E-state index in [4.69, 9.17) is 4.74 Å². The zero-order chi connectivity index (χ0) is 14.9. The summed E-state index contributed by atoms with van der Waals surface area (Å²) < 4.78 is 6.03. The maximum absolute atomic E-state index is 12.1. The number of benzene rings is 1. The van der Waals surface area contributed by atoms with Crippen LogP contribution >= 0.6 is 15.9 Å². The first-order chi connectivity index (χ1) is 9.45. The van der Waals surface area contributed by atoms with Crippen LogP contribution in [0.2, 0.25) is 0 Å². The Morgan fingerprint density at radius 1 is 1.40 bits per heavy atom. The van der Waals surface area contributed by atoms with Crippen LogP contribution in [0.3, 0.4) is 0 Å². The molecule has 0 N–H and O–H groups in total. The molecule has 108 valence electrons. The molecule has 2 rings (SSSR count). The third-order valence-corrected chi connectivity index (χ3v) is 4.59. The molecule has 1 saturated heterocycles. The highest BCUT2D eigenvalue weighted by Crippen LogP contribution is 2.32. The van der Waals surface area contributed by atoms with Gasteiger partial charge >= 0.3 is 5.97 Å². The highest BCUT2D eigenvalue weighted by atomic mass is 79.9. The van der Waals surface area contributed by atoms with E-state index < -0.39 is 0 Å². The second-order valence-corrected chi connectivity index (χ2v) is 5.83. The second kappa shape index (κ2) is 5.95. The van der Waals surface area contributed by atoms with Crippen molar-refractivity contribution in [2.45, 2.75) is 27.2 Å². The molecule has 1 amide bonds. The van der Waals surface area contributed by atoms with Crippen molar-refractivity contribution in [2.24, 2.45) is 5.92 Å². The molecule has 0 aliphatic carbocycles. The van der Waals surface area contributed by atoms with Crippen LogP contribution in [-0.4, -0.2) is 25.0 Å². The van der Waals surface area contributed by atoms with E-state index in [1.165, 1.54) is 0 Å². The predicted octanol–water partition coefficient (Wildman–Crippen LogP) is 2.98. The number of rotatable bonds is 3. The Hall–Kier alpha value is -1.36. The number of amides is 1. The number of ether oxygens (including phenoxy) is 1. The highest BCUT2D eigenvalue weighted by molar-refractivity contribution is 9.10. The summed E-state index contributed by atoms with van der Waals surface area (Å²) in [5.74, 6) is -0.659. The molecule has 0 aromatic heterocycles. The molecule has 1 unspecified atom stereocenters. The lowest BCUT2D eigenvalue weighted by Gasteiger charge is -2.20. The van der Waals surface area contributed by atoms with E-state index in [1.54, 1.807) is 11.8 Å². The van der Waals surface area contributed by atoms with Gasteiger partial charge in [0.2, 0.25) is 5.91 Å². The number of carbonyl (C=O) groups is 2. The van der Waals surface area contributed by atoms with Crippen LogP contribution in [0.25, 0.3) is 0 Å². The van der Waals surface area contributed by atoms with Gasteiger partial charge in [0.1, 0.15) is 0 Å². The molecule has 1 aromatic carbocycles. The maximum atomic E-state index is 12.1. The number of hydrogen-bond donors (Lipinski definition) is 0. The van der Waals surface area contributed by atoms with Gasteiger partial charge < -0.3 is 9.64 Å². The first kappa shape index (κ1) is 15.0. The molecule has 0 spiro atoms. The van der Waals surface area contributed by atoms with Gasteiger partial charge in [-0.2, -0.15) is 0 Å². The van der Waals surface area contributed by atoms with Crippen LogP contribution in [-0.2, 0) is 14.3 Å². The molecule has 20 heavy (non-hydrogen) atoms.